The molecule has 0 spiro atoms. The molecule has 0 radical (unpaired) electrons. The van der Waals surface area contributed by atoms with E-state index in [-0.39, 0.29) is 23.8 Å². The molecule has 1 aliphatic rings. The maximum absolute atomic E-state index is 12.2. The monoisotopic (exact) mass is 434 g/mol. The van der Waals surface area contributed by atoms with Gasteiger partial charge in [-0.25, -0.2) is 9.59 Å². The Hall–Kier alpha value is -3.56. The van der Waals surface area contributed by atoms with Crippen LogP contribution in [0.3, 0.4) is 0 Å². The Balaban J connectivity index is 2.51. The summed E-state index contributed by atoms with van der Waals surface area (Å²) in [7, 11) is 0. The van der Waals surface area contributed by atoms with Crippen molar-refractivity contribution in [3.05, 3.63) is 62.9 Å². The molecular formula is C21H26N2O8. The highest BCUT2D eigenvalue weighted by Crippen LogP contribution is 2.40. The maximum Gasteiger partial charge on any atom is 0.513 e. The van der Waals surface area contributed by atoms with E-state index in [1.807, 2.05) is 6.92 Å². The Bertz CT molecular complexity index is 920. The summed E-state index contributed by atoms with van der Waals surface area (Å²) in [5.41, 5.74) is 1.15. The molecule has 1 unspecified atom stereocenters. The van der Waals surface area contributed by atoms with Crippen molar-refractivity contribution in [2.45, 2.75) is 53.1 Å². The number of allylic oxidation sites excluding steroid dienone is 2. The topological polar surface area (TPSA) is 126 Å². The fourth-order valence-corrected chi connectivity index (χ4v) is 2.96. The van der Waals surface area contributed by atoms with E-state index < -0.39 is 29.3 Å². The SMILES string of the molecule is CCCOC(=O)OC1=C(C)NC(C)=C(OC(=O)OC(C)C)C1c1cccc([N+](=O)[O-])c1. The number of benzene rings is 1. The van der Waals surface area contributed by atoms with E-state index in [9.17, 15) is 19.7 Å². The number of hydrogen-bond donors (Lipinski definition) is 1. The van der Waals surface area contributed by atoms with Gasteiger partial charge < -0.3 is 24.3 Å². The number of nitro groups is 1. The molecule has 10 heteroatoms. The summed E-state index contributed by atoms with van der Waals surface area (Å²) in [5.74, 6) is -0.732. The number of carbonyl (C=O) groups is 2. The van der Waals surface area contributed by atoms with Crippen molar-refractivity contribution in [2.24, 2.45) is 0 Å². The summed E-state index contributed by atoms with van der Waals surface area (Å²) < 4.78 is 20.9. The van der Waals surface area contributed by atoms with Crippen molar-refractivity contribution in [1.82, 2.24) is 5.32 Å². The lowest BCUT2D eigenvalue weighted by Gasteiger charge is -2.30. The van der Waals surface area contributed by atoms with Gasteiger partial charge in [0.05, 0.1) is 29.0 Å². The number of hydrogen-bond acceptors (Lipinski definition) is 9. The second-order valence-corrected chi connectivity index (χ2v) is 7.11. The van der Waals surface area contributed by atoms with Crippen molar-refractivity contribution < 1.29 is 33.5 Å². The number of nitrogens with one attached hydrogen (secondary N) is 1. The Morgan fingerprint density at radius 3 is 2.29 bits per heavy atom. The predicted molar refractivity (Wildman–Crippen MR) is 110 cm³/mol. The first kappa shape index (κ1) is 23.7. The highest BCUT2D eigenvalue weighted by molar-refractivity contribution is 5.65. The molecule has 0 saturated carbocycles. The standard InChI is InChI=1S/C21H26N2O8/c1-6-10-28-20(24)30-18-13(4)22-14(5)19(31-21(25)29-12(2)3)17(18)15-8-7-9-16(11-15)23(26)27/h7-9,11-12,17,22H,6,10H2,1-5H3. The van der Waals surface area contributed by atoms with Crippen molar-refractivity contribution in [2.75, 3.05) is 6.61 Å². The first-order valence-electron chi connectivity index (χ1n) is 9.80. The van der Waals surface area contributed by atoms with E-state index in [0.29, 0.717) is 23.4 Å². The normalized spacial score (nSPS) is 16.0. The number of ether oxygens (including phenoxy) is 4. The van der Waals surface area contributed by atoms with E-state index in [1.54, 1.807) is 33.8 Å². The minimum absolute atomic E-state index is 0.0926. The van der Waals surface area contributed by atoms with Crippen LogP contribution in [-0.4, -0.2) is 29.9 Å². The van der Waals surface area contributed by atoms with Crippen LogP contribution in [-0.2, 0) is 18.9 Å². The number of non-ortho nitro benzene ring substituents is 1. The molecule has 1 N–H and O–H groups in total. The third-order valence-electron chi connectivity index (χ3n) is 4.20. The van der Waals surface area contributed by atoms with Crippen LogP contribution in [0.25, 0.3) is 0 Å². The van der Waals surface area contributed by atoms with Gasteiger partial charge in [0.25, 0.3) is 5.69 Å². The molecule has 0 aliphatic carbocycles. The van der Waals surface area contributed by atoms with Gasteiger partial charge in [0, 0.05) is 12.1 Å². The Morgan fingerprint density at radius 2 is 1.74 bits per heavy atom. The van der Waals surface area contributed by atoms with Gasteiger partial charge in [-0.05, 0) is 39.7 Å². The molecule has 2 rings (SSSR count). The van der Waals surface area contributed by atoms with Gasteiger partial charge in [-0.15, -0.1) is 0 Å². The number of carbonyl (C=O) groups excluding carboxylic acids is 2. The lowest BCUT2D eigenvalue weighted by molar-refractivity contribution is -0.384. The van der Waals surface area contributed by atoms with Gasteiger partial charge in [-0.3, -0.25) is 10.1 Å². The Morgan fingerprint density at radius 1 is 1.13 bits per heavy atom. The smallest absolute Gasteiger partial charge is 0.434 e. The minimum Gasteiger partial charge on any atom is -0.434 e. The minimum atomic E-state index is -0.950. The van der Waals surface area contributed by atoms with Crippen molar-refractivity contribution in [3.63, 3.8) is 0 Å². The molecule has 0 amide bonds. The van der Waals surface area contributed by atoms with Crippen LogP contribution in [0.5, 0.6) is 0 Å². The number of nitrogens with zero attached hydrogens (tertiary/aromatic N) is 1. The summed E-state index contributed by atoms with van der Waals surface area (Å²) >= 11 is 0. The summed E-state index contributed by atoms with van der Waals surface area (Å²) in [5, 5.41) is 14.3. The van der Waals surface area contributed by atoms with E-state index in [2.05, 4.69) is 5.32 Å². The van der Waals surface area contributed by atoms with E-state index in [4.69, 9.17) is 18.9 Å². The van der Waals surface area contributed by atoms with Gasteiger partial charge in [0.1, 0.15) is 17.4 Å². The van der Waals surface area contributed by atoms with Gasteiger partial charge in [0.15, 0.2) is 0 Å². The molecule has 0 bridgehead atoms. The Labute approximate surface area is 180 Å². The molecule has 10 nitrogen and oxygen atoms in total. The van der Waals surface area contributed by atoms with Crippen molar-refractivity contribution >= 4 is 18.0 Å². The molecule has 1 aromatic rings. The quantitative estimate of drug-likeness (QED) is 0.363. The number of rotatable bonds is 7. The largest absolute Gasteiger partial charge is 0.513 e. The predicted octanol–water partition coefficient (Wildman–Crippen LogP) is 4.87. The maximum atomic E-state index is 12.2. The zero-order valence-corrected chi connectivity index (χ0v) is 18.1. The molecule has 1 atom stereocenters. The molecule has 1 aromatic carbocycles. The molecule has 168 valence electrons. The molecular weight excluding hydrogens is 408 g/mol. The molecule has 31 heavy (non-hydrogen) atoms. The first-order valence-corrected chi connectivity index (χ1v) is 9.80. The van der Waals surface area contributed by atoms with Crippen LogP contribution < -0.4 is 5.32 Å². The fourth-order valence-electron chi connectivity index (χ4n) is 2.96. The van der Waals surface area contributed by atoms with Gasteiger partial charge in [-0.1, -0.05) is 19.1 Å². The Kier molecular flexibility index (Phi) is 8.00. The summed E-state index contributed by atoms with van der Waals surface area (Å²) in [6.45, 7) is 8.67. The second kappa shape index (κ2) is 10.5. The molecule has 0 aromatic heterocycles. The first-order chi connectivity index (χ1) is 14.6. The molecule has 0 fully saturated rings. The van der Waals surface area contributed by atoms with Crippen LogP contribution in [0.1, 0.15) is 52.5 Å². The van der Waals surface area contributed by atoms with Crippen molar-refractivity contribution in [3.8, 4) is 0 Å². The van der Waals surface area contributed by atoms with Gasteiger partial charge in [0.2, 0.25) is 0 Å². The summed E-state index contributed by atoms with van der Waals surface area (Å²) in [6.07, 6.45) is -1.70. The van der Waals surface area contributed by atoms with Crippen molar-refractivity contribution in [1.29, 1.82) is 0 Å². The average Bonchev–Trinajstić information content (AvgIpc) is 2.69. The van der Waals surface area contributed by atoms with Crippen LogP contribution >= 0.6 is 0 Å². The highest BCUT2D eigenvalue weighted by Gasteiger charge is 2.36. The fraction of sp³-hybridized carbons (Fsp3) is 0.429. The molecule has 1 heterocycles. The number of dihydropyridines is 1. The second-order valence-electron chi connectivity index (χ2n) is 7.11. The van der Waals surface area contributed by atoms with E-state index in [1.165, 1.54) is 18.2 Å². The zero-order chi connectivity index (χ0) is 23.1. The summed E-state index contributed by atoms with van der Waals surface area (Å²) in [4.78, 5) is 35.1. The zero-order valence-electron chi connectivity index (χ0n) is 18.1. The van der Waals surface area contributed by atoms with Crippen LogP contribution in [0.2, 0.25) is 0 Å². The van der Waals surface area contributed by atoms with E-state index >= 15 is 0 Å². The van der Waals surface area contributed by atoms with E-state index in [0.717, 1.165) is 0 Å². The van der Waals surface area contributed by atoms with Crippen LogP contribution in [0.4, 0.5) is 15.3 Å². The average molecular weight is 434 g/mol. The summed E-state index contributed by atoms with van der Waals surface area (Å²) in [6, 6.07) is 5.77. The third kappa shape index (κ3) is 6.21. The molecule has 1 aliphatic heterocycles. The van der Waals surface area contributed by atoms with Crippen LogP contribution in [0.15, 0.2) is 47.2 Å². The van der Waals surface area contributed by atoms with Crippen LogP contribution in [0, 0.1) is 10.1 Å². The lowest BCUT2D eigenvalue weighted by Crippen LogP contribution is -2.29. The van der Waals surface area contributed by atoms with Gasteiger partial charge in [-0.2, -0.15) is 0 Å². The third-order valence-corrected chi connectivity index (χ3v) is 4.20. The number of nitro benzene ring substituents is 1. The molecule has 0 saturated heterocycles. The highest BCUT2D eigenvalue weighted by atomic mass is 16.7. The van der Waals surface area contributed by atoms with Gasteiger partial charge >= 0.3 is 12.3 Å². The lowest BCUT2D eigenvalue weighted by atomic mass is 9.90.